The number of amides is 1. The van der Waals surface area contributed by atoms with E-state index in [1.165, 1.54) is 11.8 Å². The predicted molar refractivity (Wildman–Crippen MR) is 148 cm³/mol. The van der Waals surface area contributed by atoms with E-state index in [1.807, 2.05) is 56.3 Å². The average Bonchev–Trinajstić information content (AvgIpc) is 3.22. The number of carbonyl (C=O) groups is 2. The Kier molecular flexibility index (Phi) is 8.70. The molecule has 0 atom stereocenters. The van der Waals surface area contributed by atoms with Crippen LogP contribution in [0.2, 0.25) is 0 Å². The SMILES string of the molecule is CCOc1cc(/C=C2/SC(=Nc3ccc(OC)cc3)N(CC)C2=O)ccc1OCc1ccc(C(=O)O)cc1. The topological polar surface area (TPSA) is 97.7 Å². The van der Waals surface area contributed by atoms with Crippen LogP contribution in [0.4, 0.5) is 5.69 Å². The monoisotopic (exact) mass is 532 g/mol. The lowest BCUT2D eigenvalue weighted by molar-refractivity contribution is -0.122. The van der Waals surface area contributed by atoms with Crippen molar-refractivity contribution in [1.29, 1.82) is 0 Å². The second-order valence-electron chi connectivity index (χ2n) is 8.18. The van der Waals surface area contributed by atoms with Crippen molar-refractivity contribution >= 4 is 40.6 Å². The molecule has 8 nitrogen and oxygen atoms in total. The third-order valence-electron chi connectivity index (χ3n) is 5.66. The molecule has 0 bridgehead atoms. The molecule has 9 heteroatoms. The van der Waals surface area contributed by atoms with E-state index in [1.54, 1.807) is 42.3 Å². The van der Waals surface area contributed by atoms with Gasteiger partial charge in [-0.15, -0.1) is 0 Å². The molecule has 3 aromatic rings. The average molecular weight is 533 g/mol. The number of methoxy groups -OCH3 is 1. The van der Waals surface area contributed by atoms with Gasteiger partial charge in [-0.3, -0.25) is 9.69 Å². The van der Waals surface area contributed by atoms with Crippen LogP contribution in [0.1, 0.15) is 35.3 Å². The van der Waals surface area contributed by atoms with Gasteiger partial charge in [0, 0.05) is 6.54 Å². The first kappa shape index (κ1) is 26.8. The molecule has 0 aliphatic carbocycles. The van der Waals surface area contributed by atoms with E-state index in [0.717, 1.165) is 22.6 Å². The Morgan fingerprint density at radius 2 is 1.74 bits per heavy atom. The standard InChI is InChI=1S/C29H28N2O6S/c1-4-31-27(32)26(38-29(31)30-22-11-13-23(35-3)14-12-22)17-20-8-15-24(25(16-20)36-5-2)37-18-19-6-9-21(10-7-19)28(33)34/h6-17H,4-5,18H2,1-3H3,(H,33,34)/b26-17+,30-29?. The number of amidine groups is 1. The van der Waals surface area contributed by atoms with Crippen molar-refractivity contribution < 1.29 is 28.9 Å². The fraction of sp³-hybridized carbons (Fsp3) is 0.207. The Morgan fingerprint density at radius 1 is 1.00 bits per heavy atom. The molecular weight excluding hydrogens is 504 g/mol. The maximum Gasteiger partial charge on any atom is 0.335 e. The van der Waals surface area contributed by atoms with E-state index >= 15 is 0 Å². The van der Waals surface area contributed by atoms with E-state index in [4.69, 9.17) is 19.3 Å². The highest BCUT2D eigenvalue weighted by molar-refractivity contribution is 8.18. The predicted octanol–water partition coefficient (Wildman–Crippen LogP) is 6.00. The van der Waals surface area contributed by atoms with Gasteiger partial charge in [0.2, 0.25) is 0 Å². The highest BCUT2D eigenvalue weighted by atomic mass is 32.2. The maximum absolute atomic E-state index is 13.1. The molecule has 4 rings (SSSR count). The number of nitrogens with zero attached hydrogens (tertiary/aromatic N) is 2. The van der Waals surface area contributed by atoms with Crippen LogP contribution in [0.3, 0.4) is 0 Å². The van der Waals surface area contributed by atoms with Gasteiger partial charge in [0.15, 0.2) is 16.7 Å². The lowest BCUT2D eigenvalue weighted by Gasteiger charge is -2.13. The molecule has 0 aromatic heterocycles. The number of rotatable bonds is 10. The largest absolute Gasteiger partial charge is 0.497 e. The number of aromatic carboxylic acids is 1. The van der Waals surface area contributed by atoms with Crippen molar-refractivity contribution in [3.63, 3.8) is 0 Å². The first-order valence-electron chi connectivity index (χ1n) is 12.1. The number of carbonyl (C=O) groups excluding carboxylic acids is 1. The number of thioether (sulfide) groups is 1. The van der Waals surface area contributed by atoms with Crippen molar-refractivity contribution in [3.8, 4) is 17.2 Å². The van der Waals surface area contributed by atoms with Gasteiger partial charge in [-0.25, -0.2) is 9.79 Å². The number of aliphatic imine (C=N–C) groups is 1. The molecule has 3 aromatic carbocycles. The number of hydrogen-bond acceptors (Lipinski definition) is 7. The summed E-state index contributed by atoms with van der Waals surface area (Å²) in [5, 5.41) is 9.68. The molecule has 1 aliphatic heterocycles. The van der Waals surface area contributed by atoms with E-state index in [9.17, 15) is 9.59 Å². The van der Waals surface area contributed by atoms with Gasteiger partial charge in [-0.1, -0.05) is 18.2 Å². The number of carboxylic acids is 1. The van der Waals surface area contributed by atoms with Gasteiger partial charge in [0.05, 0.1) is 29.9 Å². The van der Waals surface area contributed by atoms with Crippen molar-refractivity contribution in [2.75, 3.05) is 20.3 Å². The van der Waals surface area contributed by atoms with Crippen molar-refractivity contribution in [3.05, 3.63) is 88.3 Å². The molecule has 1 N–H and O–H groups in total. The van der Waals surface area contributed by atoms with Gasteiger partial charge < -0.3 is 19.3 Å². The maximum atomic E-state index is 13.1. The van der Waals surface area contributed by atoms with E-state index in [2.05, 4.69) is 4.99 Å². The van der Waals surface area contributed by atoms with Crippen LogP contribution in [0.15, 0.2) is 76.6 Å². The Hall–Kier alpha value is -4.24. The number of hydrogen-bond donors (Lipinski definition) is 1. The van der Waals surface area contributed by atoms with Crippen LogP contribution in [0.5, 0.6) is 17.2 Å². The van der Waals surface area contributed by atoms with Gasteiger partial charge in [-0.2, -0.15) is 0 Å². The summed E-state index contributed by atoms with van der Waals surface area (Å²) in [6.07, 6.45) is 1.82. The van der Waals surface area contributed by atoms with Gasteiger partial charge in [-0.05, 0) is 91.3 Å². The second kappa shape index (κ2) is 12.3. The van der Waals surface area contributed by atoms with Gasteiger partial charge in [0.25, 0.3) is 5.91 Å². The third-order valence-corrected chi connectivity index (χ3v) is 6.67. The third kappa shape index (κ3) is 6.36. The summed E-state index contributed by atoms with van der Waals surface area (Å²) in [5.41, 5.74) is 2.59. The van der Waals surface area contributed by atoms with Crippen molar-refractivity contribution in [2.45, 2.75) is 20.5 Å². The highest BCUT2D eigenvalue weighted by Gasteiger charge is 2.32. The fourth-order valence-electron chi connectivity index (χ4n) is 3.70. The summed E-state index contributed by atoms with van der Waals surface area (Å²) >= 11 is 1.33. The van der Waals surface area contributed by atoms with E-state index in [0.29, 0.717) is 34.7 Å². The molecule has 1 heterocycles. The number of likely N-dealkylation sites (N-methyl/N-ethyl adjacent to an activating group) is 1. The quantitative estimate of drug-likeness (QED) is 0.320. The molecule has 0 spiro atoms. The minimum atomic E-state index is -0.971. The van der Waals surface area contributed by atoms with Crippen LogP contribution in [0, 0.1) is 0 Å². The molecule has 38 heavy (non-hydrogen) atoms. The number of benzene rings is 3. The molecular formula is C29H28N2O6S. The normalized spacial score (nSPS) is 15.2. The molecule has 0 saturated carbocycles. The zero-order chi connectivity index (χ0) is 27.1. The summed E-state index contributed by atoms with van der Waals surface area (Å²) in [4.78, 5) is 31.0. The van der Waals surface area contributed by atoms with Crippen LogP contribution in [-0.2, 0) is 11.4 Å². The summed E-state index contributed by atoms with van der Waals surface area (Å²) in [6, 6.07) is 19.4. The fourth-order valence-corrected chi connectivity index (χ4v) is 4.76. The summed E-state index contributed by atoms with van der Waals surface area (Å²) in [5.74, 6) is 0.775. The lowest BCUT2D eigenvalue weighted by Crippen LogP contribution is -2.28. The Morgan fingerprint density at radius 3 is 2.37 bits per heavy atom. The molecule has 1 amide bonds. The zero-order valence-electron chi connectivity index (χ0n) is 21.3. The summed E-state index contributed by atoms with van der Waals surface area (Å²) in [6.45, 7) is 5.00. The molecule has 1 aliphatic rings. The summed E-state index contributed by atoms with van der Waals surface area (Å²) < 4.78 is 17.0. The molecule has 0 radical (unpaired) electrons. The second-order valence-corrected chi connectivity index (χ2v) is 9.19. The van der Waals surface area contributed by atoms with Crippen LogP contribution in [0.25, 0.3) is 6.08 Å². The Bertz CT molecular complexity index is 1370. The van der Waals surface area contributed by atoms with Crippen LogP contribution in [-0.4, -0.2) is 47.3 Å². The summed E-state index contributed by atoms with van der Waals surface area (Å²) in [7, 11) is 1.61. The van der Waals surface area contributed by atoms with E-state index < -0.39 is 5.97 Å². The zero-order valence-corrected chi connectivity index (χ0v) is 22.2. The highest BCUT2D eigenvalue weighted by Crippen LogP contribution is 2.36. The van der Waals surface area contributed by atoms with Gasteiger partial charge >= 0.3 is 5.97 Å². The smallest absolute Gasteiger partial charge is 0.335 e. The lowest BCUT2D eigenvalue weighted by atomic mass is 10.1. The minimum Gasteiger partial charge on any atom is -0.497 e. The number of carboxylic acid groups (broad SMARTS) is 1. The molecule has 1 saturated heterocycles. The molecule has 1 fully saturated rings. The minimum absolute atomic E-state index is 0.104. The Labute approximate surface area is 225 Å². The molecule has 196 valence electrons. The number of ether oxygens (including phenoxy) is 3. The Balaban J connectivity index is 1.53. The van der Waals surface area contributed by atoms with Crippen molar-refractivity contribution in [1.82, 2.24) is 4.90 Å². The van der Waals surface area contributed by atoms with E-state index in [-0.39, 0.29) is 18.1 Å². The molecule has 0 unspecified atom stereocenters. The van der Waals surface area contributed by atoms with Gasteiger partial charge in [0.1, 0.15) is 12.4 Å². The first-order valence-corrected chi connectivity index (χ1v) is 12.9. The first-order chi connectivity index (χ1) is 18.4. The van der Waals surface area contributed by atoms with Crippen LogP contribution < -0.4 is 14.2 Å². The van der Waals surface area contributed by atoms with Crippen molar-refractivity contribution in [2.24, 2.45) is 4.99 Å². The van der Waals surface area contributed by atoms with Crippen LogP contribution >= 0.6 is 11.8 Å².